The lowest BCUT2D eigenvalue weighted by atomic mass is 10.1. The Morgan fingerprint density at radius 3 is 1.75 bits per heavy atom. The zero-order valence-corrected chi connectivity index (χ0v) is 18.4. The molecule has 0 aromatic heterocycles. The lowest BCUT2D eigenvalue weighted by Crippen LogP contribution is -2.09. The topological polar surface area (TPSA) is 54.0 Å². The molecule has 0 aliphatic heterocycles. The van der Waals surface area contributed by atoms with Gasteiger partial charge in [0.25, 0.3) is 0 Å². The average molecular weight is 437 g/mol. The van der Waals surface area contributed by atoms with Crippen LogP contribution in [0, 0.1) is 0 Å². The minimum absolute atomic E-state index is 0.445. The first-order valence-electron chi connectivity index (χ1n) is 10.3. The van der Waals surface area contributed by atoms with Crippen molar-refractivity contribution in [3.05, 3.63) is 126 Å². The molecule has 0 radical (unpaired) electrons. The molecule has 0 atom stereocenters. The van der Waals surface area contributed by atoms with Gasteiger partial charge in [-0.05, 0) is 47.5 Å². The predicted octanol–water partition coefficient (Wildman–Crippen LogP) is 6.74. The van der Waals surface area contributed by atoms with Gasteiger partial charge in [0.1, 0.15) is 0 Å². The van der Waals surface area contributed by atoms with E-state index in [4.69, 9.17) is 5.73 Å². The van der Waals surface area contributed by atoms with Crippen molar-refractivity contribution in [3.8, 4) is 0 Å². The molecule has 0 aliphatic carbocycles. The van der Waals surface area contributed by atoms with E-state index < -0.39 is 0 Å². The lowest BCUT2D eigenvalue weighted by molar-refractivity contribution is 1.25. The van der Waals surface area contributed by atoms with Gasteiger partial charge in [0, 0.05) is 22.8 Å². The number of para-hydroxylation sites is 2. The van der Waals surface area contributed by atoms with Crippen molar-refractivity contribution in [2.45, 2.75) is 5.75 Å². The molecule has 0 saturated carbocycles. The number of nitrogens with zero attached hydrogens (tertiary/aromatic N) is 3. The van der Waals surface area contributed by atoms with Crippen LogP contribution in [0.2, 0.25) is 0 Å². The quantitative estimate of drug-likeness (QED) is 0.198. The van der Waals surface area contributed by atoms with Crippen molar-refractivity contribution in [3.63, 3.8) is 0 Å². The molecule has 0 amide bonds. The highest BCUT2D eigenvalue weighted by Gasteiger charge is 2.11. The molecule has 0 aliphatic rings. The van der Waals surface area contributed by atoms with Crippen molar-refractivity contribution in [1.82, 2.24) is 0 Å². The highest BCUT2D eigenvalue weighted by molar-refractivity contribution is 8.13. The number of nitrogens with two attached hydrogens (primary N) is 1. The van der Waals surface area contributed by atoms with Crippen molar-refractivity contribution in [2.75, 3.05) is 4.90 Å². The molecule has 4 rings (SSSR count). The Labute approximate surface area is 193 Å². The summed E-state index contributed by atoms with van der Waals surface area (Å²) < 4.78 is 0. The van der Waals surface area contributed by atoms with Crippen LogP contribution >= 0.6 is 11.8 Å². The van der Waals surface area contributed by atoms with Crippen LogP contribution in [0.3, 0.4) is 0 Å². The van der Waals surface area contributed by atoms with Crippen LogP contribution < -0.4 is 10.6 Å². The van der Waals surface area contributed by atoms with E-state index in [2.05, 4.69) is 63.6 Å². The second kappa shape index (κ2) is 11.0. The zero-order valence-electron chi connectivity index (χ0n) is 17.6. The summed E-state index contributed by atoms with van der Waals surface area (Å²) in [6, 6.07) is 39.0. The van der Waals surface area contributed by atoms with Crippen molar-refractivity contribution in [1.29, 1.82) is 0 Å². The normalized spacial score (nSPS) is 11.6. The SMILES string of the molecule is NC(=NN=Cc1ccc(N(c2ccccc2)c2ccccc2)cc1)SCc1ccccc1. The van der Waals surface area contributed by atoms with Gasteiger partial charge in [0.05, 0.1) is 6.21 Å². The Bertz CT molecular complexity index is 1120. The zero-order chi connectivity index (χ0) is 22.0. The summed E-state index contributed by atoms with van der Waals surface area (Å²) in [5.74, 6) is 0.773. The third-order valence-electron chi connectivity index (χ3n) is 4.77. The molecule has 4 nitrogen and oxygen atoms in total. The molecule has 0 spiro atoms. The second-order valence-electron chi connectivity index (χ2n) is 7.06. The lowest BCUT2D eigenvalue weighted by Gasteiger charge is -2.25. The first-order valence-corrected chi connectivity index (χ1v) is 11.3. The summed E-state index contributed by atoms with van der Waals surface area (Å²) in [5.41, 5.74) is 11.4. The molecule has 5 heteroatoms. The van der Waals surface area contributed by atoms with Crippen LogP contribution in [0.15, 0.2) is 125 Å². The number of amidine groups is 1. The van der Waals surface area contributed by atoms with E-state index in [-0.39, 0.29) is 0 Å². The monoisotopic (exact) mass is 436 g/mol. The van der Waals surface area contributed by atoms with Gasteiger partial charge in [-0.3, -0.25) is 0 Å². The average Bonchev–Trinajstić information content (AvgIpc) is 2.86. The third-order valence-corrected chi connectivity index (χ3v) is 5.63. The first kappa shape index (κ1) is 21.4. The van der Waals surface area contributed by atoms with E-state index in [1.54, 1.807) is 6.21 Å². The molecular formula is C27H24N4S. The van der Waals surface area contributed by atoms with Crippen LogP contribution in [-0.4, -0.2) is 11.4 Å². The summed E-state index contributed by atoms with van der Waals surface area (Å²) in [5, 5.41) is 8.70. The van der Waals surface area contributed by atoms with Gasteiger partial charge in [-0.2, -0.15) is 5.10 Å². The second-order valence-corrected chi connectivity index (χ2v) is 8.05. The van der Waals surface area contributed by atoms with Crippen molar-refractivity contribution in [2.24, 2.45) is 15.9 Å². The fraction of sp³-hybridized carbons (Fsp3) is 0.0370. The standard InChI is InChI=1S/C27H24N4S/c28-27(32-21-23-10-4-1-5-11-23)30-29-20-22-16-18-26(19-17-22)31(24-12-6-2-7-13-24)25-14-8-3-9-15-25/h1-20H,21H2,(H2,28,30). The molecule has 4 aromatic rings. The number of hydrogen-bond acceptors (Lipinski definition) is 4. The van der Waals surface area contributed by atoms with Crippen LogP contribution in [0.25, 0.3) is 0 Å². The van der Waals surface area contributed by atoms with Gasteiger partial charge in [-0.25, -0.2) is 0 Å². The van der Waals surface area contributed by atoms with E-state index >= 15 is 0 Å². The number of anilines is 3. The fourth-order valence-corrected chi connectivity index (χ4v) is 3.84. The van der Waals surface area contributed by atoms with Gasteiger partial charge >= 0.3 is 0 Å². The largest absolute Gasteiger partial charge is 0.377 e. The molecule has 158 valence electrons. The molecule has 32 heavy (non-hydrogen) atoms. The molecule has 4 aromatic carbocycles. The fourth-order valence-electron chi connectivity index (χ4n) is 3.22. The minimum Gasteiger partial charge on any atom is -0.377 e. The van der Waals surface area contributed by atoms with Crippen LogP contribution in [-0.2, 0) is 5.75 Å². The van der Waals surface area contributed by atoms with Gasteiger partial charge in [-0.15, -0.1) is 5.10 Å². The Morgan fingerprint density at radius 1 is 0.688 bits per heavy atom. The highest BCUT2D eigenvalue weighted by atomic mass is 32.2. The Kier molecular flexibility index (Phi) is 7.34. The van der Waals surface area contributed by atoms with E-state index in [0.29, 0.717) is 5.17 Å². The number of rotatable bonds is 7. The number of hydrogen-bond donors (Lipinski definition) is 1. The Hall–Kier alpha value is -3.83. The summed E-state index contributed by atoms with van der Waals surface area (Å²) in [7, 11) is 0. The molecule has 2 N–H and O–H groups in total. The summed E-state index contributed by atoms with van der Waals surface area (Å²) in [6.07, 6.45) is 1.72. The highest BCUT2D eigenvalue weighted by Crippen LogP contribution is 2.33. The van der Waals surface area contributed by atoms with Gasteiger partial charge < -0.3 is 10.6 Å². The first-order chi connectivity index (χ1) is 15.8. The maximum absolute atomic E-state index is 5.97. The van der Waals surface area contributed by atoms with E-state index in [1.807, 2.05) is 66.7 Å². The van der Waals surface area contributed by atoms with E-state index in [0.717, 1.165) is 28.4 Å². The van der Waals surface area contributed by atoms with E-state index in [1.165, 1.54) is 17.3 Å². The predicted molar refractivity (Wildman–Crippen MR) is 138 cm³/mol. The minimum atomic E-state index is 0.445. The summed E-state index contributed by atoms with van der Waals surface area (Å²) >= 11 is 1.47. The summed E-state index contributed by atoms with van der Waals surface area (Å²) in [4.78, 5) is 2.22. The van der Waals surface area contributed by atoms with Crippen molar-refractivity contribution >= 4 is 40.2 Å². The summed E-state index contributed by atoms with van der Waals surface area (Å²) in [6.45, 7) is 0. The molecule has 0 bridgehead atoms. The van der Waals surface area contributed by atoms with Gasteiger partial charge in [0.15, 0.2) is 5.17 Å². The van der Waals surface area contributed by atoms with Gasteiger partial charge in [0.2, 0.25) is 0 Å². The van der Waals surface area contributed by atoms with Crippen molar-refractivity contribution < 1.29 is 0 Å². The van der Waals surface area contributed by atoms with E-state index in [9.17, 15) is 0 Å². The number of benzene rings is 4. The molecule has 0 saturated heterocycles. The van der Waals surface area contributed by atoms with Gasteiger partial charge in [-0.1, -0.05) is 90.6 Å². The Balaban J connectivity index is 1.45. The Morgan fingerprint density at radius 2 is 1.19 bits per heavy atom. The molecule has 0 fully saturated rings. The maximum Gasteiger partial charge on any atom is 0.180 e. The molecule has 0 unspecified atom stereocenters. The maximum atomic E-state index is 5.97. The van der Waals surface area contributed by atoms with Crippen LogP contribution in [0.4, 0.5) is 17.1 Å². The smallest absolute Gasteiger partial charge is 0.180 e. The number of thioether (sulfide) groups is 1. The molecular weight excluding hydrogens is 412 g/mol. The molecule has 0 heterocycles. The van der Waals surface area contributed by atoms with Crippen LogP contribution in [0.5, 0.6) is 0 Å². The van der Waals surface area contributed by atoms with Crippen LogP contribution in [0.1, 0.15) is 11.1 Å². The third kappa shape index (κ3) is 5.86.